The van der Waals surface area contributed by atoms with Crippen molar-refractivity contribution in [1.82, 2.24) is 9.97 Å². The molecule has 21 heavy (non-hydrogen) atoms. The zero-order valence-electron chi connectivity index (χ0n) is 12.5. The van der Waals surface area contributed by atoms with Crippen molar-refractivity contribution in [2.75, 3.05) is 31.4 Å². The minimum Gasteiger partial charge on any atom is -0.494 e. The van der Waals surface area contributed by atoms with E-state index in [1.165, 1.54) is 0 Å². The molecule has 0 radical (unpaired) electrons. The molecular formula is C15H20N4O2. The Bertz CT molecular complexity index is 590. The standard InChI is InChI=1S/C15H20N4O2/c1-4-21-12-7-5-6-11(8-12)17-14-9-13(16-2)18-15(19-14)10-20-3/h5-9H,4,10H2,1-3H3,(H2,16,17,18,19). The van der Waals surface area contributed by atoms with Crippen molar-refractivity contribution >= 4 is 17.3 Å². The lowest BCUT2D eigenvalue weighted by Crippen LogP contribution is -2.04. The molecule has 1 heterocycles. The van der Waals surface area contributed by atoms with Gasteiger partial charge in [0.2, 0.25) is 0 Å². The van der Waals surface area contributed by atoms with Gasteiger partial charge >= 0.3 is 0 Å². The third kappa shape index (κ3) is 4.32. The Kier molecular flexibility index (Phi) is 5.34. The van der Waals surface area contributed by atoms with E-state index < -0.39 is 0 Å². The second-order valence-electron chi connectivity index (χ2n) is 4.32. The van der Waals surface area contributed by atoms with Crippen molar-refractivity contribution in [2.45, 2.75) is 13.5 Å². The quantitative estimate of drug-likeness (QED) is 0.816. The fourth-order valence-electron chi connectivity index (χ4n) is 1.86. The number of hydrogen-bond donors (Lipinski definition) is 2. The number of nitrogens with one attached hydrogen (secondary N) is 2. The van der Waals surface area contributed by atoms with E-state index in [4.69, 9.17) is 9.47 Å². The Balaban J connectivity index is 2.21. The molecule has 0 saturated heterocycles. The van der Waals surface area contributed by atoms with E-state index in [0.29, 0.717) is 24.9 Å². The van der Waals surface area contributed by atoms with E-state index in [1.807, 2.05) is 44.3 Å². The number of methoxy groups -OCH3 is 1. The van der Waals surface area contributed by atoms with Gasteiger partial charge in [-0.05, 0) is 19.1 Å². The molecule has 0 bridgehead atoms. The molecule has 112 valence electrons. The normalized spacial score (nSPS) is 10.2. The summed E-state index contributed by atoms with van der Waals surface area (Å²) < 4.78 is 10.6. The molecule has 2 rings (SSSR count). The first-order valence-electron chi connectivity index (χ1n) is 6.79. The van der Waals surface area contributed by atoms with Gasteiger partial charge in [0, 0.05) is 32.0 Å². The van der Waals surface area contributed by atoms with Gasteiger partial charge in [-0.3, -0.25) is 0 Å². The topological polar surface area (TPSA) is 68.3 Å². The molecule has 6 nitrogen and oxygen atoms in total. The number of benzene rings is 1. The van der Waals surface area contributed by atoms with Crippen LogP contribution >= 0.6 is 0 Å². The van der Waals surface area contributed by atoms with Gasteiger partial charge in [0.1, 0.15) is 24.0 Å². The molecule has 0 aliphatic carbocycles. The fourth-order valence-corrected chi connectivity index (χ4v) is 1.86. The van der Waals surface area contributed by atoms with E-state index in [2.05, 4.69) is 20.6 Å². The molecule has 0 saturated carbocycles. The highest BCUT2D eigenvalue weighted by atomic mass is 16.5. The van der Waals surface area contributed by atoms with Crippen molar-refractivity contribution in [2.24, 2.45) is 0 Å². The minimum atomic E-state index is 0.364. The van der Waals surface area contributed by atoms with Crippen molar-refractivity contribution in [3.63, 3.8) is 0 Å². The minimum absolute atomic E-state index is 0.364. The van der Waals surface area contributed by atoms with Gasteiger partial charge in [0.05, 0.1) is 6.61 Å². The number of ether oxygens (including phenoxy) is 2. The summed E-state index contributed by atoms with van der Waals surface area (Å²) in [5, 5.41) is 6.26. The Labute approximate surface area is 124 Å². The van der Waals surface area contributed by atoms with Gasteiger partial charge in [-0.15, -0.1) is 0 Å². The second-order valence-corrected chi connectivity index (χ2v) is 4.32. The van der Waals surface area contributed by atoms with Gasteiger partial charge in [0.15, 0.2) is 5.82 Å². The first-order chi connectivity index (χ1) is 10.2. The molecule has 1 aromatic carbocycles. The van der Waals surface area contributed by atoms with Gasteiger partial charge in [0.25, 0.3) is 0 Å². The largest absolute Gasteiger partial charge is 0.494 e. The number of hydrogen-bond acceptors (Lipinski definition) is 6. The number of aromatic nitrogens is 2. The Hall–Kier alpha value is -2.34. The van der Waals surface area contributed by atoms with Gasteiger partial charge in [-0.25, -0.2) is 9.97 Å². The van der Waals surface area contributed by atoms with Crippen LogP contribution in [0.15, 0.2) is 30.3 Å². The number of rotatable bonds is 7. The first kappa shape index (κ1) is 15.1. The second kappa shape index (κ2) is 7.44. The summed E-state index contributed by atoms with van der Waals surface area (Å²) in [5.41, 5.74) is 0.907. The molecule has 0 unspecified atom stereocenters. The van der Waals surface area contributed by atoms with Crippen molar-refractivity contribution in [3.05, 3.63) is 36.2 Å². The monoisotopic (exact) mass is 288 g/mol. The molecule has 0 aliphatic heterocycles. The van der Waals surface area contributed by atoms with E-state index in [9.17, 15) is 0 Å². The summed E-state index contributed by atoms with van der Waals surface area (Å²) in [7, 11) is 3.44. The van der Waals surface area contributed by atoms with Crippen LogP contribution in [0.3, 0.4) is 0 Å². The van der Waals surface area contributed by atoms with Crippen LogP contribution in [-0.4, -0.2) is 30.7 Å². The van der Waals surface area contributed by atoms with Crippen molar-refractivity contribution < 1.29 is 9.47 Å². The average molecular weight is 288 g/mol. The van der Waals surface area contributed by atoms with Gasteiger partial charge in [-0.2, -0.15) is 0 Å². The maximum absolute atomic E-state index is 5.49. The predicted octanol–water partition coefficient (Wildman–Crippen LogP) is 2.81. The molecule has 0 aliphatic rings. The first-order valence-corrected chi connectivity index (χ1v) is 6.79. The van der Waals surface area contributed by atoms with Crippen LogP contribution in [0.4, 0.5) is 17.3 Å². The molecule has 0 atom stereocenters. The molecule has 6 heteroatoms. The SMILES string of the molecule is CCOc1cccc(Nc2cc(NC)nc(COC)n2)c1. The van der Waals surface area contributed by atoms with Crippen LogP contribution in [-0.2, 0) is 11.3 Å². The van der Waals surface area contributed by atoms with Crippen LogP contribution in [0, 0.1) is 0 Å². The highest BCUT2D eigenvalue weighted by Crippen LogP contribution is 2.22. The molecule has 0 spiro atoms. The Morgan fingerprint density at radius 1 is 1.14 bits per heavy atom. The van der Waals surface area contributed by atoms with Crippen molar-refractivity contribution in [3.8, 4) is 5.75 Å². The summed E-state index contributed by atoms with van der Waals surface area (Å²) in [6.07, 6.45) is 0. The highest BCUT2D eigenvalue weighted by Gasteiger charge is 2.05. The Morgan fingerprint density at radius 3 is 2.67 bits per heavy atom. The number of nitrogens with zero attached hydrogens (tertiary/aromatic N) is 2. The summed E-state index contributed by atoms with van der Waals surface area (Å²) in [4.78, 5) is 8.73. The third-order valence-corrected chi connectivity index (χ3v) is 2.72. The molecule has 0 amide bonds. The smallest absolute Gasteiger partial charge is 0.158 e. The number of anilines is 3. The molecular weight excluding hydrogens is 268 g/mol. The van der Waals surface area contributed by atoms with Crippen LogP contribution in [0.25, 0.3) is 0 Å². The molecule has 2 aromatic rings. The zero-order chi connectivity index (χ0) is 15.1. The van der Waals surface area contributed by atoms with E-state index >= 15 is 0 Å². The lowest BCUT2D eigenvalue weighted by Gasteiger charge is -2.11. The van der Waals surface area contributed by atoms with Crippen molar-refractivity contribution in [1.29, 1.82) is 0 Å². The van der Waals surface area contributed by atoms with Crippen LogP contribution in [0.5, 0.6) is 5.75 Å². The summed E-state index contributed by atoms with van der Waals surface area (Å²) in [6.45, 7) is 2.96. The zero-order valence-corrected chi connectivity index (χ0v) is 12.5. The third-order valence-electron chi connectivity index (χ3n) is 2.72. The maximum Gasteiger partial charge on any atom is 0.158 e. The summed E-state index contributed by atoms with van der Waals surface area (Å²) >= 11 is 0. The van der Waals surface area contributed by atoms with E-state index in [0.717, 1.165) is 17.3 Å². The van der Waals surface area contributed by atoms with Crippen LogP contribution < -0.4 is 15.4 Å². The van der Waals surface area contributed by atoms with Gasteiger partial charge < -0.3 is 20.1 Å². The maximum atomic E-state index is 5.49. The molecule has 1 aromatic heterocycles. The van der Waals surface area contributed by atoms with E-state index in [1.54, 1.807) is 7.11 Å². The van der Waals surface area contributed by atoms with E-state index in [-0.39, 0.29) is 0 Å². The molecule has 0 fully saturated rings. The average Bonchev–Trinajstić information content (AvgIpc) is 2.48. The van der Waals surface area contributed by atoms with Crippen LogP contribution in [0.2, 0.25) is 0 Å². The predicted molar refractivity (Wildman–Crippen MR) is 83.2 cm³/mol. The highest BCUT2D eigenvalue weighted by molar-refractivity contribution is 5.60. The lowest BCUT2D eigenvalue weighted by molar-refractivity contribution is 0.178. The Morgan fingerprint density at radius 2 is 1.95 bits per heavy atom. The lowest BCUT2D eigenvalue weighted by atomic mass is 10.3. The summed E-state index contributed by atoms with van der Waals surface area (Å²) in [5.74, 6) is 2.88. The fraction of sp³-hybridized carbons (Fsp3) is 0.333. The molecule has 2 N–H and O–H groups in total. The summed E-state index contributed by atoms with van der Waals surface area (Å²) in [6, 6.07) is 9.58. The van der Waals surface area contributed by atoms with Gasteiger partial charge in [-0.1, -0.05) is 6.07 Å². The van der Waals surface area contributed by atoms with Crippen LogP contribution in [0.1, 0.15) is 12.7 Å².